The summed E-state index contributed by atoms with van der Waals surface area (Å²) in [6, 6.07) is 14.2. The third-order valence-corrected chi connectivity index (χ3v) is 5.13. The molecule has 0 N–H and O–H groups in total. The molecule has 0 bridgehead atoms. The van der Waals surface area contributed by atoms with Crippen molar-refractivity contribution in [2.75, 3.05) is 0 Å². The van der Waals surface area contributed by atoms with Crippen molar-refractivity contribution < 1.29 is 9.18 Å². The number of rotatable bonds is 4. The summed E-state index contributed by atoms with van der Waals surface area (Å²) in [7, 11) is 0. The summed E-state index contributed by atoms with van der Waals surface area (Å²) in [4.78, 5) is 14.9. The Bertz CT molecular complexity index is 716. The minimum absolute atomic E-state index is 0.00899. The fraction of sp³-hybridized carbons (Fsp3) is 0.350. The Morgan fingerprint density at radius 1 is 1.17 bits per heavy atom. The average Bonchev–Trinajstić information content (AvgIpc) is 2.95. The van der Waals surface area contributed by atoms with Crippen LogP contribution in [-0.4, -0.2) is 22.9 Å². The summed E-state index contributed by atoms with van der Waals surface area (Å²) in [6.07, 6.45) is 3.72. The summed E-state index contributed by atoms with van der Waals surface area (Å²) >= 11 is 6.20. The van der Waals surface area contributed by atoms with Gasteiger partial charge in [-0.2, -0.15) is 0 Å². The zero-order valence-electron chi connectivity index (χ0n) is 13.7. The molecule has 2 aromatic carbocycles. The van der Waals surface area contributed by atoms with Crippen LogP contribution in [0.3, 0.4) is 0 Å². The van der Waals surface area contributed by atoms with E-state index in [4.69, 9.17) is 11.6 Å². The van der Waals surface area contributed by atoms with Gasteiger partial charge in [-0.15, -0.1) is 0 Å². The van der Waals surface area contributed by atoms with E-state index in [1.54, 1.807) is 12.1 Å². The third kappa shape index (κ3) is 3.62. The molecule has 24 heavy (non-hydrogen) atoms. The van der Waals surface area contributed by atoms with Crippen molar-refractivity contribution in [1.29, 1.82) is 0 Å². The normalized spacial score (nSPS) is 20.4. The summed E-state index contributed by atoms with van der Waals surface area (Å²) in [5.41, 5.74) is 1.67. The quantitative estimate of drug-likeness (QED) is 0.754. The molecule has 0 aromatic heterocycles. The molecule has 126 valence electrons. The van der Waals surface area contributed by atoms with E-state index in [1.807, 2.05) is 29.2 Å². The van der Waals surface area contributed by atoms with Gasteiger partial charge in [-0.05, 0) is 62.4 Å². The summed E-state index contributed by atoms with van der Waals surface area (Å²) in [5, 5.41) is 0.499. The maximum absolute atomic E-state index is 13.0. The Morgan fingerprint density at radius 2 is 1.88 bits per heavy atom. The van der Waals surface area contributed by atoms with Crippen LogP contribution in [0.4, 0.5) is 4.39 Å². The van der Waals surface area contributed by atoms with Gasteiger partial charge in [0.15, 0.2) is 0 Å². The van der Waals surface area contributed by atoms with Crippen molar-refractivity contribution in [3.05, 3.63) is 70.5 Å². The van der Waals surface area contributed by atoms with Crippen LogP contribution < -0.4 is 0 Å². The molecule has 0 unspecified atom stereocenters. The molecule has 1 aliphatic heterocycles. The molecule has 1 fully saturated rings. The standard InChI is InChI=1S/C20H21ClFNO/c1-14-6-12-17(13-9-15-7-10-16(22)11-8-15)23(14)20(24)18-4-2-3-5-19(18)21/h2-5,7-8,10-11,14,17H,6,9,12-13H2,1H3/t14-,17-/m1/s1. The SMILES string of the molecule is C[C@@H]1CC[C@H](CCc2ccc(F)cc2)N1C(=O)c1ccccc1Cl. The van der Waals surface area contributed by atoms with Gasteiger partial charge in [-0.25, -0.2) is 4.39 Å². The zero-order chi connectivity index (χ0) is 17.1. The number of halogens is 2. The van der Waals surface area contributed by atoms with E-state index in [1.165, 1.54) is 12.1 Å². The molecule has 1 heterocycles. The van der Waals surface area contributed by atoms with Crippen LogP contribution >= 0.6 is 11.6 Å². The van der Waals surface area contributed by atoms with E-state index < -0.39 is 0 Å². The van der Waals surface area contributed by atoms with E-state index in [2.05, 4.69) is 6.92 Å². The fourth-order valence-corrected chi connectivity index (χ4v) is 3.70. The molecular weight excluding hydrogens is 325 g/mol. The lowest BCUT2D eigenvalue weighted by Gasteiger charge is -2.29. The van der Waals surface area contributed by atoms with Gasteiger partial charge in [0.25, 0.3) is 5.91 Å². The highest BCUT2D eigenvalue weighted by molar-refractivity contribution is 6.33. The largest absolute Gasteiger partial charge is 0.333 e. The second-order valence-electron chi connectivity index (χ2n) is 6.44. The Morgan fingerprint density at radius 3 is 2.58 bits per heavy atom. The number of aryl methyl sites for hydroxylation is 1. The van der Waals surface area contributed by atoms with Crippen molar-refractivity contribution >= 4 is 17.5 Å². The summed E-state index contributed by atoms with van der Waals surface area (Å²) in [6.45, 7) is 2.09. The first-order chi connectivity index (χ1) is 11.6. The fourth-order valence-electron chi connectivity index (χ4n) is 3.48. The molecule has 3 rings (SSSR count). The summed E-state index contributed by atoms with van der Waals surface area (Å²) < 4.78 is 13.0. The number of amides is 1. The number of hydrogen-bond acceptors (Lipinski definition) is 1. The molecule has 0 saturated carbocycles. The monoisotopic (exact) mass is 345 g/mol. The third-order valence-electron chi connectivity index (χ3n) is 4.80. The maximum atomic E-state index is 13.0. The van der Waals surface area contributed by atoms with Gasteiger partial charge in [-0.1, -0.05) is 35.9 Å². The van der Waals surface area contributed by atoms with Gasteiger partial charge in [0.05, 0.1) is 10.6 Å². The van der Waals surface area contributed by atoms with Gasteiger partial charge < -0.3 is 4.90 Å². The first-order valence-corrected chi connectivity index (χ1v) is 8.75. The van der Waals surface area contributed by atoms with E-state index in [0.717, 1.165) is 31.2 Å². The van der Waals surface area contributed by atoms with Crippen LogP contribution in [0.15, 0.2) is 48.5 Å². The second kappa shape index (κ2) is 7.35. The predicted molar refractivity (Wildman–Crippen MR) is 94.8 cm³/mol. The smallest absolute Gasteiger partial charge is 0.255 e. The number of carbonyl (C=O) groups is 1. The Kier molecular flexibility index (Phi) is 5.20. The predicted octanol–water partition coefficient (Wildman–Crippen LogP) is 5.11. The first-order valence-electron chi connectivity index (χ1n) is 8.38. The highest BCUT2D eigenvalue weighted by Crippen LogP contribution is 2.30. The van der Waals surface area contributed by atoms with Crippen LogP contribution in [0.2, 0.25) is 5.02 Å². The average molecular weight is 346 g/mol. The van der Waals surface area contributed by atoms with E-state index >= 15 is 0 Å². The lowest BCUT2D eigenvalue weighted by molar-refractivity contribution is 0.0673. The van der Waals surface area contributed by atoms with E-state index in [9.17, 15) is 9.18 Å². The number of benzene rings is 2. The highest BCUT2D eigenvalue weighted by Gasteiger charge is 2.34. The van der Waals surface area contributed by atoms with Crippen LogP contribution in [0.1, 0.15) is 42.1 Å². The van der Waals surface area contributed by atoms with Gasteiger partial charge in [0.1, 0.15) is 5.82 Å². The Labute approximate surface area is 147 Å². The molecule has 1 amide bonds. The molecule has 4 heteroatoms. The van der Waals surface area contributed by atoms with Crippen LogP contribution in [0, 0.1) is 5.82 Å². The van der Waals surface area contributed by atoms with Crippen LogP contribution in [0.25, 0.3) is 0 Å². The van der Waals surface area contributed by atoms with Crippen molar-refractivity contribution in [3.8, 4) is 0 Å². The Hall–Kier alpha value is -1.87. The lowest BCUT2D eigenvalue weighted by atomic mass is 10.0. The van der Waals surface area contributed by atoms with Crippen molar-refractivity contribution in [3.63, 3.8) is 0 Å². The van der Waals surface area contributed by atoms with Gasteiger partial charge in [0, 0.05) is 12.1 Å². The number of likely N-dealkylation sites (tertiary alicyclic amines) is 1. The molecule has 1 saturated heterocycles. The molecular formula is C20H21ClFNO. The minimum atomic E-state index is -0.219. The number of hydrogen-bond donors (Lipinski definition) is 0. The molecule has 0 spiro atoms. The van der Waals surface area contributed by atoms with Gasteiger partial charge >= 0.3 is 0 Å². The number of carbonyl (C=O) groups excluding carboxylic acids is 1. The van der Waals surface area contributed by atoms with Crippen LogP contribution in [-0.2, 0) is 6.42 Å². The van der Waals surface area contributed by atoms with Gasteiger partial charge in [-0.3, -0.25) is 4.79 Å². The van der Waals surface area contributed by atoms with Crippen molar-refractivity contribution in [1.82, 2.24) is 4.90 Å². The Balaban J connectivity index is 1.72. The van der Waals surface area contributed by atoms with Gasteiger partial charge in [0.2, 0.25) is 0 Å². The zero-order valence-corrected chi connectivity index (χ0v) is 14.5. The molecule has 2 nitrogen and oxygen atoms in total. The molecule has 2 aromatic rings. The second-order valence-corrected chi connectivity index (χ2v) is 6.84. The van der Waals surface area contributed by atoms with E-state index in [-0.39, 0.29) is 23.8 Å². The van der Waals surface area contributed by atoms with E-state index in [0.29, 0.717) is 10.6 Å². The molecule has 0 radical (unpaired) electrons. The molecule has 1 aliphatic rings. The summed E-state index contributed by atoms with van der Waals surface area (Å²) in [5.74, 6) is -0.210. The first kappa shape index (κ1) is 17.0. The lowest BCUT2D eigenvalue weighted by Crippen LogP contribution is -2.40. The highest BCUT2D eigenvalue weighted by atomic mass is 35.5. The number of nitrogens with zero attached hydrogens (tertiary/aromatic N) is 1. The molecule has 2 atom stereocenters. The van der Waals surface area contributed by atoms with Crippen molar-refractivity contribution in [2.45, 2.75) is 44.7 Å². The minimum Gasteiger partial charge on any atom is -0.333 e. The van der Waals surface area contributed by atoms with Crippen molar-refractivity contribution in [2.24, 2.45) is 0 Å². The topological polar surface area (TPSA) is 20.3 Å². The maximum Gasteiger partial charge on any atom is 0.255 e. The van der Waals surface area contributed by atoms with Crippen LogP contribution in [0.5, 0.6) is 0 Å². The molecule has 0 aliphatic carbocycles.